The molecule has 0 bridgehead atoms. The van der Waals surface area contributed by atoms with Crippen LogP contribution in [-0.4, -0.2) is 17.0 Å². The smallest absolute Gasteiger partial charge is 0.338 e. The van der Waals surface area contributed by atoms with Gasteiger partial charge in [0.15, 0.2) is 0 Å². The number of hydrogen-bond acceptors (Lipinski definition) is 3. The number of hydrogen-bond donors (Lipinski definition) is 1. The highest BCUT2D eigenvalue weighted by molar-refractivity contribution is 5.88. The van der Waals surface area contributed by atoms with Crippen LogP contribution in [0.15, 0.2) is 18.2 Å². The summed E-state index contributed by atoms with van der Waals surface area (Å²) in [5, 5.41) is 8.74. The van der Waals surface area contributed by atoms with E-state index in [0.29, 0.717) is 0 Å². The first-order valence-electron chi connectivity index (χ1n) is 8.78. The quantitative estimate of drug-likeness (QED) is 0.317. The number of aromatic carboxylic acids is 1. The zero-order chi connectivity index (χ0) is 17.8. The van der Waals surface area contributed by atoms with Crippen molar-refractivity contribution < 1.29 is 23.8 Å². The van der Waals surface area contributed by atoms with Crippen LogP contribution in [0.4, 0.5) is 4.39 Å². The predicted molar refractivity (Wildman–Crippen MR) is 90.8 cm³/mol. The Kier molecular flexibility index (Phi) is 9.73. The minimum atomic E-state index is -1.35. The molecular formula is C19H27FO4. The number of carboxylic acid groups (broad SMARTS) is 1. The van der Waals surface area contributed by atoms with E-state index in [9.17, 15) is 14.0 Å². The lowest BCUT2D eigenvalue weighted by Crippen LogP contribution is -2.08. The molecule has 1 aromatic carbocycles. The van der Waals surface area contributed by atoms with Gasteiger partial charge in [-0.15, -0.1) is 0 Å². The zero-order valence-corrected chi connectivity index (χ0v) is 14.4. The molecule has 0 heterocycles. The van der Waals surface area contributed by atoms with Crippen LogP contribution in [-0.2, 0) is 4.79 Å². The number of carbonyl (C=O) groups excluding carboxylic acids is 1. The second-order valence-electron chi connectivity index (χ2n) is 6.00. The van der Waals surface area contributed by atoms with Gasteiger partial charge in [0.2, 0.25) is 0 Å². The number of benzene rings is 1. The van der Waals surface area contributed by atoms with E-state index >= 15 is 0 Å². The summed E-state index contributed by atoms with van der Waals surface area (Å²) in [5.74, 6) is -2.63. The fraction of sp³-hybridized carbons (Fsp3) is 0.579. The number of unbranched alkanes of at least 4 members (excludes halogenated alkanes) is 8. The highest BCUT2D eigenvalue weighted by atomic mass is 19.1. The second kappa shape index (κ2) is 11.6. The average molecular weight is 338 g/mol. The van der Waals surface area contributed by atoms with Crippen molar-refractivity contribution in [3.63, 3.8) is 0 Å². The van der Waals surface area contributed by atoms with Crippen molar-refractivity contribution in [1.82, 2.24) is 0 Å². The molecule has 0 radical (unpaired) electrons. The predicted octanol–water partition coefficient (Wildman–Crippen LogP) is 5.35. The summed E-state index contributed by atoms with van der Waals surface area (Å²) < 4.78 is 18.5. The molecule has 134 valence electrons. The van der Waals surface area contributed by atoms with Gasteiger partial charge in [-0.1, -0.05) is 58.3 Å². The van der Waals surface area contributed by atoms with Crippen molar-refractivity contribution in [2.24, 2.45) is 0 Å². The Morgan fingerprint density at radius 3 is 2.12 bits per heavy atom. The highest BCUT2D eigenvalue weighted by Crippen LogP contribution is 2.18. The van der Waals surface area contributed by atoms with E-state index in [1.54, 1.807) is 0 Å². The lowest BCUT2D eigenvalue weighted by Gasteiger charge is -2.06. The molecule has 0 aliphatic carbocycles. The Labute approximate surface area is 143 Å². The summed E-state index contributed by atoms with van der Waals surface area (Å²) in [7, 11) is 0. The van der Waals surface area contributed by atoms with E-state index in [0.717, 1.165) is 31.4 Å². The molecule has 24 heavy (non-hydrogen) atoms. The van der Waals surface area contributed by atoms with E-state index in [1.165, 1.54) is 44.6 Å². The molecule has 5 heteroatoms. The van der Waals surface area contributed by atoms with Crippen LogP contribution in [0.1, 0.15) is 81.5 Å². The molecule has 0 fully saturated rings. The van der Waals surface area contributed by atoms with Gasteiger partial charge in [0.1, 0.15) is 11.6 Å². The summed E-state index contributed by atoms with van der Waals surface area (Å²) in [6.07, 6.45) is 10.7. The van der Waals surface area contributed by atoms with Gasteiger partial charge in [-0.25, -0.2) is 9.18 Å². The van der Waals surface area contributed by atoms with Crippen LogP contribution >= 0.6 is 0 Å². The standard InChI is InChI=1S/C19H27FO4/c1-2-3-4-5-6-7-8-9-10-11-18(21)24-15-12-13-16(19(22)23)17(20)14-15/h12-14H,2-11H2,1H3,(H,22,23). The molecule has 0 aromatic heterocycles. The van der Waals surface area contributed by atoms with Crippen molar-refractivity contribution in [2.45, 2.75) is 71.1 Å². The molecular weight excluding hydrogens is 311 g/mol. The Bertz CT molecular complexity index is 528. The fourth-order valence-corrected chi connectivity index (χ4v) is 2.50. The van der Waals surface area contributed by atoms with Crippen LogP contribution in [0.25, 0.3) is 0 Å². The molecule has 0 saturated carbocycles. The van der Waals surface area contributed by atoms with Gasteiger partial charge in [0, 0.05) is 12.5 Å². The van der Waals surface area contributed by atoms with Crippen molar-refractivity contribution >= 4 is 11.9 Å². The maximum Gasteiger partial charge on any atom is 0.338 e. The molecule has 0 atom stereocenters. The lowest BCUT2D eigenvalue weighted by atomic mass is 10.1. The molecule has 1 aromatic rings. The molecule has 0 saturated heterocycles. The molecule has 0 spiro atoms. The van der Waals surface area contributed by atoms with Crippen LogP contribution in [0.3, 0.4) is 0 Å². The first kappa shape index (κ1) is 20.1. The van der Waals surface area contributed by atoms with Crippen molar-refractivity contribution in [3.8, 4) is 5.75 Å². The van der Waals surface area contributed by atoms with Crippen molar-refractivity contribution in [2.75, 3.05) is 0 Å². The largest absolute Gasteiger partial charge is 0.478 e. The summed E-state index contributed by atoms with van der Waals surface area (Å²) in [6.45, 7) is 2.20. The summed E-state index contributed by atoms with van der Waals surface area (Å²) >= 11 is 0. The van der Waals surface area contributed by atoms with Crippen LogP contribution in [0.2, 0.25) is 0 Å². The maximum atomic E-state index is 13.5. The van der Waals surface area contributed by atoms with Gasteiger partial charge in [-0.3, -0.25) is 4.79 Å². The number of rotatable bonds is 12. The van der Waals surface area contributed by atoms with E-state index in [1.807, 2.05) is 0 Å². The van der Waals surface area contributed by atoms with Gasteiger partial charge in [-0.05, 0) is 18.6 Å². The molecule has 0 aliphatic rings. The maximum absolute atomic E-state index is 13.5. The number of ether oxygens (including phenoxy) is 1. The summed E-state index contributed by atoms with van der Waals surface area (Å²) in [4.78, 5) is 22.4. The Hall–Kier alpha value is -1.91. The monoisotopic (exact) mass is 338 g/mol. The fourth-order valence-electron chi connectivity index (χ4n) is 2.50. The molecule has 4 nitrogen and oxygen atoms in total. The van der Waals surface area contributed by atoms with Crippen molar-refractivity contribution in [1.29, 1.82) is 0 Å². The van der Waals surface area contributed by atoms with Gasteiger partial charge in [-0.2, -0.15) is 0 Å². The van der Waals surface area contributed by atoms with E-state index in [2.05, 4.69) is 6.92 Å². The normalized spacial score (nSPS) is 10.6. The Morgan fingerprint density at radius 2 is 1.58 bits per heavy atom. The van der Waals surface area contributed by atoms with Crippen LogP contribution in [0, 0.1) is 5.82 Å². The third-order valence-corrected chi connectivity index (χ3v) is 3.89. The molecule has 0 unspecified atom stereocenters. The van der Waals surface area contributed by atoms with E-state index < -0.39 is 23.3 Å². The average Bonchev–Trinajstić information content (AvgIpc) is 2.53. The first-order chi connectivity index (χ1) is 11.5. The molecule has 1 rings (SSSR count). The van der Waals surface area contributed by atoms with Gasteiger partial charge >= 0.3 is 11.9 Å². The number of carbonyl (C=O) groups is 2. The number of carboxylic acids is 1. The third kappa shape index (κ3) is 8.09. The summed E-state index contributed by atoms with van der Waals surface area (Å²) in [6, 6.07) is 3.32. The SMILES string of the molecule is CCCCCCCCCCCC(=O)Oc1ccc(C(=O)O)c(F)c1. The van der Waals surface area contributed by atoms with E-state index in [-0.39, 0.29) is 12.2 Å². The zero-order valence-electron chi connectivity index (χ0n) is 14.4. The third-order valence-electron chi connectivity index (χ3n) is 3.89. The minimum absolute atomic E-state index is 0.0402. The molecule has 0 amide bonds. The van der Waals surface area contributed by atoms with E-state index in [4.69, 9.17) is 9.84 Å². The van der Waals surface area contributed by atoms with Crippen LogP contribution < -0.4 is 4.74 Å². The number of esters is 1. The van der Waals surface area contributed by atoms with Gasteiger partial charge < -0.3 is 9.84 Å². The van der Waals surface area contributed by atoms with Crippen LogP contribution in [0.5, 0.6) is 5.75 Å². The lowest BCUT2D eigenvalue weighted by molar-refractivity contribution is -0.134. The summed E-state index contributed by atoms with van der Waals surface area (Å²) in [5.41, 5.74) is -0.436. The van der Waals surface area contributed by atoms with Gasteiger partial charge in [0.05, 0.1) is 5.56 Å². The van der Waals surface area contributed by atoms with Crippen molar-refractivity contribution in [3.05, 3.63) is 29.6 Å². The first-order valence-corrected chi connectivity index (χ1v) is 8.78. The topological polar surface area (TPSA) is 63.6 Å². The molecule has 0 aliphatic heterocycles. The Morgan fingerprint density at radius 1 is 1.00 bits per heavy atom. The number of halogens is 1. The molecule has 1 N–H and O–H groups in total. The van der Waals surface area contributed by atoms with Gasteiger partial charge in [0.25, 0.3) is 0 Å². The Balaban J connectivity index is 2.16. The minimum Gasteiger partial charge on any atom is -0.478 e. The second-order valence-corrected chi connectivity index (χ2v) is 6.00. The highest BCUT2D eigenvalue weighted by Gasteiger charge is 2.12.